The largest absolute Gasteiger partial charge is 0.353 e. The predicted octanol–water partition coefficient (Wildman–Crippen LogP) is 4.14. The van der Waals surface area contributed by atoms with Crippen molar-refractivity contribution in [1.82, 2.24) is 9.62 Å². The van der Waals surface area contributed by atoms with Crippen molar-refractivity contribution in [3.05, 3.63) is 64.1 Å². The van der Waals surface area contributed by atoms with E-state index in [0.717, 1.165) is 16.3 Å². The fourth-order valence-corrected chi connectivity index (χ4v) is 4.71. The van der Waals surface area contributed by atoms with E-state index in [1.807, 2.05) is 44.2 Å². The third kappa shape index (κ3) is 6.21. The van der Waals surface area contributed by atoms with E-state index in [-0.39, 0.29) is 40.0 Å². The molecule has 152 valence electrons. The van der Waals surface area contributed by atoms with E-state index in [4.69, 9.17) is 23.2 Å². The van der Waals surface area contributed by atoms with Gasteiger partial charge in [-0.25, -0.2) is 8.42 Å². The molecular formula is C20H24Cl2N2O3S. The van der Waals surface area contributed by atoms with Gasteiger partial charge in [-0.2, -0.15) is 4.31 Å². The number of nitrogens with zero attached hydrogens (tertiary/aromatic N) is 1. The Hall–Kier alpha value is -1.60. The minimum absolute atomic E-state index is 0.0408. The quantitative estimate of drug-likeness (QED) is 0.634. The molecule has 0 fully saturated rings. The Labute approximate surface area is 176 Å². The minimum Gasteiger partial charge on any atom is -0.353 e. The molecule has 0 bridgehead atoms. The van der Waals surface area contributed by atoms with Crippen molar-refractivity contribution < 1.29 is 13.2 Å². The van der Waals surface area contributed by atoms with Gasteiger partial charge in [0.1, 0.15) is 4.90 Å². The number of carbonyl (C=O) groups is 1. The molecule has 0 aromatic heterocycles. The molecule has 0 aliphatic carbocycles. The first-order chi connectivity index (χ1) is 13.2. The smallest absolute Gasteiger partial charge is 0.245 e. The normalized spacial score (nSPS) is 12.8. The fourth-order valence-electron chi connectivity index (χ4n) is 2.58. The zero-order chi connectivity index (χ0) is 20.7. The molecular weight excluding hydrogens is 419 g/mol. The second kappa shape index (κ2) is 10.3. The molecule has 28 heavy (non-hydrogen) atoms. The van der Waals surface area contributed by atoms with Crippen LogP contribution in [-0.2, 0) is 21.2 Å². The predicted molar refractivity (Wildman–Crippen MR) is 113 cm³/mol. The van der Waals surface area contributed by atoms with Crippen molar-refractivity contribution in [3.63, 3.8) is 0 Å². The molecule has 2 rings (SSSR count). The molecule has 0 aliphatic rings. The highest BCUT2D eigenvalue weighted by atomic mass is 35.5. The SMILES string of the molecule is CC[C@H](C)NC(=O)CN(CCc1ccccc1)S(=O)(=O)c1cc(Cl)ccc1Cl. The van der Waals surface area contributed by atoms with Crippen LogP contribution in [0.1, 0.15) is 25.8 Å². The monoisotopic (exact) mass is 442 g/mol. The summed E-state index contributed by atoms with van der Waals surface area (Å²) in [4.78, 5) is 12.3. The summed E-state index contributed by atoms with van der Waals surface area (Å²) in [5.41, 5.74) is 0.974. The van der Waals surface area contributed by atoms with Crippen molar-refractivity contribution in [1.29, 1.82) is 0 Å². The molecule has 0 heterocycles. The lowest BCUT2D eigenvalue weighted by Gasteiger charge is -2.23. The second-order valence-electron chi connectivity index (χ2n) is 6.53. The van der Waals surface area contributed by atoms with E-state index in [1.165, 1.54) is 18.2 Å². The lowest BCUT2D eigenvalue weighted by atomic mass is 10.1. The number of sulfonamides is 1. The van der Waals surface area contributed by atoms with Gasteiger partial charge in [-0.3, -0.25) is 4.79 Å². The first-order valence-electron chi connectivity index (χ1n) is 9.02. The molecule has 1 N–H and O–H groups in total. The van der Waals surface area contributed by atoms with Gasteiger partial charge >= 0.3 is 0 Å². The Bertz CT molecular complexity index is 905. The summed E-state index contributed by atoms with van der Waals surface area (Å²) in [6.07, 6.45) is 1.22. The number of rotatable bonds is 9. The highest BCUT2D eigenvalue weighted by Crippen LogP contribution is 2.28. The fraction of sp³-hybridized carbons (Fsp3) is 0.350. The van der Waals surface area contributed by atoms with Crippen LogP contribution in [0.25, 0.3) is 0 Å². The summed E-state index contributed by atoms with van der Waals surface area (Å²) in [6.45, 7) is 3.67. The summed E-state index contributed by atoms with van der Waals surface area (Å²) < 4.78 is 27.6. The standard InChI is InChI=1S/C20H24Cl2N2O3S/c1-3-15(2)23-20(25)14-24(12-11-16-7-5-4-6-8-16)28(26,27)19-13-17(21)9-10-18(19)22/h4-10,13,15H,3,11-12,14H2,1-2H3,(H,23,25)/t15-/m0/s1. The topological polar surface area (TPSA) is 66.5 Å². The Balaban J connectivity index is 2.30. The molecule has 5 nitrogen and oxygen atoms in total. The minimum atomic E-state index is -4.01. The maximum atomic E-state index is 13.2. The molecule has 2 aromatic carbocycles. The van der Waals surface area contributed by atoms with E-state index in [1.54, 1.807) is 0 Å². The van der Waals surface area contributed by atoms with Gasteiger partial charge in [-0.1, -0.05) is 60.5 Å². The number of hydrogen-bond donors (Lipinski definition) is 1. The molecule has 0 saturated heterocycles. The third-order valence-electron chi connectivity index (χ3n) is 4.34. The van der Waals surface area contributed by atoms with Gasteiger partial charge in [0.25, 0.3) is 0 Å². The first kappa shape index (κ1) is 22.7. The van der Waals surface area contributed by atoms with Crippen molar-refractivity contribution in [2.24, 2.45) is 0 Å². The van der Waals surface area contributed by atoms with Gasteiger partial charge in [0.2, 0.25) is 15.9 Å². The van der Waals surface area contributed by atoms with Gasteiger partial charge < -0.3 is 5.32 Å². The van der Waals surface area contributed by atoms with E-state index >= 15 is 0 Å². The maximum Gasteiger partial charge on any atom is 0.245 e. The number of benzene rings is 2. The van der Waals surface area contributed by atoms with Crippen LogP contribution in [0.4, 0.5) is 0 Å². The van der Waals surface area contributed by atoms with Crippen LogP contribution in [0.2, 0.25) is 10.0 Å². The molecule has 0 unspecified atom stereocenters. The van der Waals surface area contributed by atoms with Crippen LogP contribution in [-0.4, -0.2) is 37.8 Å². The van der Waals surface area contributed by atoms with Crippen LogP contribution < -0.4 is 5.32 Å². The number of hydrogen-bond acceptors (Lipinski definition) is 3. The molecule has 0 saturated carbocycles. The average Bonchev–Trinajstić information content (AvgIpc) is 2.67. The van der Waals surface area contributed by atoms with Gasteiger partial charge in [0.05, 0.1) is 11.6 Å². The van der Waals surface area contributed by atoms with Crippen LogP contribution in [0.3, 0.4) is 0 Å². The van der Waals surface area contributed by atoms with Gasteiger partial charge in [-0.05, 0) is 43.5 Å². The van der Waals surface area contributed by atoms with Crippen LogP contribution in [0.15, 0.2) is 53.4 Å². The van der Waals surface area contributed by atoms with Crippen LogP contribution in [0, 0.1) is 0 Å². The van der Waals surface area contributed by atoms with Crippen LogP contribution >= 0.6 is 23.2 Å². The van der Waals surface area contributed by atoms with Crippen molar-refractivity contribution in [3.8, 4) is 0 Å². The average molecular weight is 443 g/mol. The lowest BCUT2D eigenvalue weighted by molar-refractivity contribution is -0.121. The van der Waals surface area contributed by atoms with Gasteiger partial charge in [-0.15, -0.1) is 0 Å². The molecule has 2 aromatic rings. The summed E-state index contributed by atoms with van der Waals surface area (Å²) >= 11 is 12.1. The zero-order valence-electron chi connectivity index (χ0n) is 15.9. The number of amides is 1. The van der Waals surface area contributed by atoms with Crippen molar-refractivity contribution >= 4 is 39.1 Å². The summed E-state index contributed by atoms with van der Waals surface area (Å²) in [5, 5.41) is 3.13. The van der Waals surface area contributed by atoms with E-state index < -0.39 is 10.0 Å². The van der Waals surface area contributed by atoms with Crippen molar-refractivity contribution in [2.45, 2.75) is 37.6 Å². The molecule has 0 radical (unpaired) electrons. The second-order valence-corrected chi connectivity index (χ2v) is 9.28. The highest BCUT2D eigenvalue weighted by molar-refractivity contribution is 7.89. The lowest BCUT2D eigenvalue weighted by Crippen LogP contribution is -2.44. The first-order valence-corrected chi connectivity index (χ1v) is 11.2. The van der Waals surface area contributed by atoms with Crippen LogP contribution in [0.5, 0.6) is 0 Å². The zero-order valence-corrected chi connectivity index (χ0v) is 18.2. The highest BCUT2D eigenvalue weighted by Gasteiger charge is 2.29. The number of nitrogens with one attached hydrogen (secondary N) is 1. The van der Waals surface area contributed by atoms with Gasteiger partial charge in [0, 0.05) is 17.6 Å². The summed E-state index contributed by atoms with van der Waals surface area (Å²) in [6, 6.07) is 13.7. The molecule has 0 spiro atoms. The maximum absolute atomic E-state index is 13.2. The summed E-state index contributed by atoms with van der Waals surface area (Å²) in [5.74, 6) is -0.357. The Morgan fingerprint density at radius 3 is 2.46 bits per heavy atom. The number of carbonyl (C=O) groups excluding carboxylic acids is 1. The Kier molecular flexibility index (Phi) is 8.31. The Morgan fingerprint density at radius 1 is 1.14 bits per heavy atom. The van der Waals surface area contributed by atoms with E-state index in [9.17, 15) is 13.2 Å². The summed E-state index contributed by atoms with van der Waals surface area (Å²) in [7, 11) is -4.01. The molecule has 0 aliphatic heterocycles. The molecule has 1 amide bonds. The number of halogens is 2. The van der Waals surface area contributed by atoms with Crippen molar-refractivity contribution in [2.75, 3.05) is 13.1 Å². The molecule has 8 heteroatoms. The third-order valence-corrected chi connectivity index (χ3v) is 6.91. The van der Waals surface area contributed by atoms with E-state index in [0.29, 0.717) is 6.42 Å². The molecule has 1 atom stereocenters. The van der Waals surface area contributed by atoms with Gasteiger partial charge in [0.15, 0.2) is 0 Å². The Morgan fingerprint density at radius 2 is 1.82 bits per heavy atom. The van der Waals surface area contributed by atoms with E-state index in [2.05, 4.69) is 5.32 Å².